The lowest BCUT2D eigenvalue weighted by Crippen LogP contribution is -2.35. The summed E-state index contributed by atoms with van der Waals surface area (Å²) in [6, 6.07) is 12.2. The average Bonchev–Trinajstić information content (AvgIpc) is 2.74. The van der Waals surface area contributed by atoms with Gasteiger partial charge in [-0.15, -0.1) is 0 Å². The summed E-state index contributed by atoms with van der Waals surface area (Å²) in [5.74, 6) is -0.870. The van der Waals surface area contributed by atoms with Crippen LogP contribution in [0.2, 0.25) is 0 Å². The molecule has 24 heavy (non-hydrogen) atoms. The van der Waals surface area contributed by atoms with E-state index in [1.165, 1.54) is 10.4 Å². The van der Waals surface area contributed by atoms with Crippen molar-refractivity contribution >= 4 is 21.4 Å². The highest BCUT2D eigenvalue weighted by molar-refractivity contribution is 7.92. The molecule has 1 unspecified atom stereocenters. The van der Waals surface area contributed by atoms with Gasteiger partial charge in [0, 0.05) is 13.1 Å². The monoisotopic (exact) mass is 345 g/mol. The topological polar surface area (TPSA) is 73.2 Å². The van der Waals surface area contributed by atoms with Crippen LogP contribution in [0.15, 0.2) is 47.4 Å². The zero-order valence-electron chi connectivity index (χ0n) is 13.0. The van der Waals surface area contributed by atoms with Crippen molar-refractivity contribution in [2.45, 2.75) is 11.8 Å². The van der Waals surface area contributed by atoms with E-state index in [1.807, 2.05) is 13.0 Å². The van der Waals surface area contributed by atoms with Gasteiger partial charge in [-0.05, 0) is 36.2 Å². The third-order valence-electron chi connectivity index (χ3n) is 3.92. The van der Waals surface area contributed by atoms with Crippen LogP contribution in [0.5, 0.6) is 0 Å². The van der Waals surface area contributed by atoms with Crippen LogP contribution in [0.4, 0.5) is 15.8 Å². The smallest absolute Gasteiger partial charge is 0.267 e. The maximum absolute atomic E-state index is 14.3. The fourth-order valence-corrected chi connectivity index (χ4v) is 4.35. The van der Waals surface area contributed by atoms with Gasteiger partial charge in [0.25, 0.3) is 10.0 Å². The van der Waals surface area contributed by atoms with E-state index < -0.39 is 20.7 Å². The van der Waals surface area contributed by atoms with E-state index >= 15 is 0 Å². The van der Waals surface area contributed by atoms with Gasteiger partial charge in [-0.2, -0.15) is 5.26 Å². The molecule has 0 amide bonds. The Morgan fingerprint density at radius 1 is 1.29 bits per heavy atom. The van der Waals surface area contributed by atoms with Gasteiger partial charge < -0.3 is 5.32 Å². The van der Waals surface area contributed by atoms with Crippen LogP contribution in [0, 0.1) is 23.1 Å². The normalized spacial score (nSPS) is 17.4. The summed E-state index contributed by atoms with van der Waals surface area (Å²) in [7, 11) is -4.08. The van der Waals surface area contributed by atoms with Crippen molar-refractivity contribution in [1.29, 1.82) is 5.26 Å². The second-order valence-electron chi connectivity index (χ2n) is 5.80. The second-order valence-corrected chi connectivity index (χ2v) is 7.63. The summed E-state index contributed by atoms with van der Waals surface area (Å²) in [5, 5.41) is 12.0. The number of fused-ring (bicyclic) bond motifs is 1. The number of nitriles is 1. The van der Waals surface area contributed by atoms with Crippen molar-refractivity contribution in [1.82, 2.24) is 0 Å². The van der Waals surface area contributed by atoms with Crippen molar-refractivity contribution in [2.75, 3.05) is 22.7 Å². The van der Waals surface area contributed by atoms with Crippen LogP contribution in [-0.2, 0) is 10.0 Å². The van der Waals surface area contributed by atoms with E-state index in [2.05, 4.69) is 5.32 Å². The Kier molecular flexibility index (Phi) is 4.16. The first-order valence-electron chi connectivity index (χ1n) is 7.49. The molecule has 0 bridgehead atoms. The standard InChI is InChI=1S/C17H16FN3O2S/c1-12-10-20-15-4-2-3-5-16(15)21(11-12)24(22,23)17-7-6-13(9-19)8-14(17)18/h2-8,12,20H,10-11H2,1H3. The fourth-order valence-electron chi connectivity index (χ4n) is 2.70. The molecule has 3 rings (SSSR count). The first-order chi connectivity index (χ1) is 11.4. The molecule has 7 heteroatoms. The quantitative estimate of drug-likeness (QED) is 0.908. The maximum Gasteiger partial charge on any atom is 0.267 e. The molecule has 2 aromatic rings. The average molecular weight is 345 g/mol. The third kappa shape index (κ3) is 2.81. The fraction of sp³-hybridized carbons (Fsp3) is 0.235. The van der Waals surface area contributed by atoms with E-state index in [0.29, 0.717) is 17.9 Å². The minimum atomic E-state index is -4.08. The van der Waals surface area contributed by atoms with Gasteiger partial charge in [-0.3, -0.25) is 4.31 Å². The molecule has 0 radical (unpaired) electrons. The predicted molar refractivity (Wildman–Crippen MR) is 89.7 cm³/mol. The van der Waals surface area contributed by atoms with Crippen LogP contribution in [0.25, 0.3) is 0 Å². The number of nitrogens with one attached hydrogen (secondary N) is 1. The van der Waals surface area contributed by atoms with Gasteiger partial charge in [0.1, 0.15) is 10.7 Å². The largest absolute Gasteiger partial charge is 0.383 e. The summed E-state index contributed by atoms with van der Waals surface area (Å²) in [5.41, 5.74) is 1.27. The Morgan fingerprint density at radius 2 is 2.04 bits per heavy atom. The van der Waals surface area contributed by atoms with E-state index in [1.54, 1.807) is 24.3 Å². The highest BCUT2D eigenvalue weighted by atomic mass is 32.2. The number of benzene rings is 2. The zero-order chi connectivity index (χ0) is 17.3. The molecule has 0 aromatic heterocycles. The third-order valence-corrected chi connectivity index (χ3v) is 5.73. The molecule has 1 aliphatic heterocycles. The highest BCUT2D eigenvalue weighted by Gasteiger charge is 2.32. The number of sulfonamides is 1. The lowest BCUT2D eigenvalue weighted by atomic mass is 10.2. The first kappa shape index (κ1) is 16.3. The Bertz CT molecular complexity index is 922. The van der Waals surface area contributed by atoms with Gasteiger partial charge in [0.05, 0.1) is 23.0 Å². The first-order valence-corrected chi connectivity index (χ1v) is 8.93. The number of rotatable bonds is 2. The maximum atomic E-state index is 14.3. The molecular weight excluding hydrogens is 329 g/mol. The Balaban J connectivity index is 2.14. The van der Waals surface area contributed by atoms with Gasteiger partial charge >= 0.3 is 0 Å². The number of hydrogen-bond donors (Lipinski definition) is 1. The summed E-state index contributed by atoms with van der Waals surface area (Å²) >= 11 is 0. The zero-order valence-corrected chi connectivity index (χ0v) is 13.8. The molecule has 2 aromatic carbocycles. The number of halogens is 1. The van der Waals surface area contributed by atoms with Crippen molar-refractivity contribution in [3.05, 3.63) is 53.8 Å². The molecule has 0 aliphatic carbocycles. The lowest BCUT2D eigenvalue weighted by Gasteiger charge is -2.25. The van der Waals surface area contributed by atoms with Gasteiger partial charge in [0.2, 0.25) is 0 Å². The summed E-state index contributed by atoms with van der Waals surface area (Å²) in [4.78, 5) is -0.426. The molecule has 1 heterocycles. The summed E-state index contributed by atoms with van der Waals surface area (Å²) in [6.07, 6.45) is 0. The van der Waals surface area contributed by atoms with Crippen LogP contribution in [-0.4, -0.2) is 21.5 Å². The molecular formula is C17H16FN3O2S. The van der Waals surface area contributed by atoms with Crippen LogP contribution in [0.1, 0.15) is 12.5 Å². The van der Waals surface area contributed by atoms with Crippen molar-refractivity contribution < 1.29 is 12.8 Å². The molecule has 1 aliphatic rings. The van der Waals surface area contributed by atoms with Crippen molar-refractivity contribution in [3.63, 3.8) is 0 Å². The molecule has 5 nitrogen and oxygen atoms in total. The second kappa shape index (κ2) is 6.13. The van der Waals surface area contributed by atoms with Gasteiger partial charge in [0.15, 0.2) is 0 Å². The number of hydrogen-bond acceptors (Lipinski definition) is 4. The van der Waals surface area contributed by atoms with E-state index in [4.69, 9.17) is 5.26 Å². The van der Waals surface area contributed by atoms with Crippen LogP contribution < -0.4 is 9.62 Å². The SMILES string of the molecule is CC1CNc2ccccc2N(S(=O)(=O)c2ccc(C#N)cc2F)C1. The predicted octanol–water partition coefficient (Wildman–Crippen LogP) is 2.95. The van der Waals surface area contributed by atoms with E-state index in [9.17, 15) is 12.8 Å². The Hall–Kier alpha value is -2.59. The molecule has 0 fully saturated rings. The minimum Gasteiger partial charge on any atom is -0.383 e. The highest BCUT2D eigenvalue weighted by Crippen LogP contribution is 2.34. The molecule has 1 atom stereocenters. The number of nitrogens with zero attached hydrogens (tertiary/aromatic N) is 2. The number of para-hydroxylation sites is 2. The molecule has 0 spiro atoms. The molecule has 0 saturated carbocycles. The van der Waals surface area contributed by atoms with Crippen molar-refractivity contribution in [3.8, 4) is 6.07 Å². The molecule has 0 saturated heterocycles. The van der Waals surface area contributed by atoms with Crippen LogP contribution in [0.3, 0.4) is 0 Å². The van der Waals surface area contributed by atoms with Crippen LogP contribution >= 0.6 is 0 Å². The molecule has 124 valence electrons. The van der Waals surface area contributed by atoms with E-state index in [-0.39, 0.29) is 18.0 Å². The lowest BCUT2D eigenvalue weighted by molar-refractivity contribution is 0.555. The van der Waals surface area contributed by atoms with Crippen molar-refractivity contribution in [2.24, 2.45) is 5.92 Å². The number of anilines is 2. The Labute approximate surface area is 140 Å². The minimum absolute atomic E-state index is 0.0496. The van der Waals surface area contributed by atoms with Gasteiger partial charge in [-0.1, -0.05) is 19.1 Å². The summed E-state index contributed by atoms with van der Waals surface area (Å²) < 4.78 is 41.6. The summed E-state index contributed by atoms with van der Waals surface area (Å²) in [6.45, 7) is 2.79. The Morgan fingerprint density at radius 3 is 2.75 bits per heavy atom. The van der Waals surface area contributed by atoms with E-state index in [0.717, 1.165) is 12.1 Å². The molecule has 1 N–H and O–H groups in total. The van der Waals surface area contributed by atoms with Gasteiger partial charge in [-0.25, -0.2) is 12.8 Å².